The molecule has 1 N–H and O–H groups in total. The lowest BCUT2D eigenvalue weighted by molar-refractivity contribution is -0.138. The number of amides is 2. The number of piperidine rings is 1. The van der Waals surface area contributed by atoms with Crippen LogP contribution in [0.4, 0.5) is 5.69 Å². The zero-order chi connectivity index (χ0) is 18.6. The van der Waals surface area contributed by atoms with E-state index in [2.05, 4.69) is 24.1 Å². The molecule has 1 aliphatic heterocycles. The molecule has 0 saturated carbocycles. The van der Waals surface area contributed by atoms with Crippen molar-refractivity contribution in [2.24, 2.45) is 11.8 Å². The van der Waals surface area contributed by atoms with Crippen LogP contribution in [0.25, 0.3) is 0 Å². The van der Waals surface area contributed by atoms with Gasteiger partial charge < -0.3 is 10.2 Å². The maximum absolute atomic E-state index is 12.7. The number of hydrogen-bond acceptors (Lipinski definition) is 3. The number of likely N-dealkylation sites (N-methyl/N-ethyl adjacent to an activating group) is 1. The van der Waals surface area contributed by atoms with E-state index < -0.39 is 0 Å². The second-order valence-electron chi connectivity index (χ2n) is 7.68. The minimum absolute atomic E-state index is 0.000330. The van der Waals surface area contributed by atoms with E-state index in [9.17, 15) is 9.59 Å². The van der Waals surface area contributed by atoms with Gasteiger partial charge in [0.15, 0.2) is 0 Å². The summed E-state index contributed by atoms with van der Waals surface area (Å²) in [5.41, 5.74) is 1.90. The lowest BCUT2D eigenvalue weighted by atomic mass is 9.91. The first-order chi connectivity index (χ1) is 11.8. The first kappa shape index (κ1) is 19.4. The van der Waals surface area contributed by atoms with Crippen molar-refractivity contribution < 1.29 is 9.59 Å². The Labute approximate surface area is 151 Å². The third-order valence-electron chi connectivity index (χ3n) is 4.89. The highest BCUT2D eigenvalue weighted by molar-refractivity contribution is 5.95. The van der Waals surface area contributed by atoms with E-state index in [1.165, 1.54) is 11.3 Å². The number of benzene rings is 1. The Bertz CT molecular complexity index is 589. The van der Waals surface area contributed by atoms with Crippen molar-refractivity contribution in [2.45, 2.75) is 40.2 Å². The number of hydrogen-bond donors (Lipinski definition) is 1. The SMILES string of the molecule is Cc1ccc(NC(=O)CN(C)C(=O)[C@H](C)N2C[C@@H](C)C[C@H](C)C2)cc1. The lowest BCUT2D eigenvalue weighted by Crippen LogP contribution is -2.51. The summed E-state index contributed by atoms with van der Waals surface area (Å²) in [7, 11) is 1.70. The molecular formula is C20H31N3O2. The van der Waals surface area contributed by atoms with E-state index in [4.69, 9.17) is 0 Å². The van der Waals surface area contributed by atoms with Crippen molar-refractivity contribution in [3.8, 4) is 0 Å². The fourth-order valence-corrected chi connectivity index (χ4v) is 3.63. The minimum atomic E-state index is -0.192. The summed E-state index contributed by atoms with van der Waals surface area (Å²) < 4.78 is 0. The smallest absolute Gasteiger partial charge is 0.243 e. The Hall–Kier alpha value is -1.88. The Morgan fingerprint density at radius 3 is 2.32 bits per heavy atom. The molecule has 1 saturated heterocycles. The molecular weight excluding hydrogens is 314 g/mol. The average molecular weight is 345 g/mol. The maximum atomic E-state index is 12.7. The second kappa shape index (κ2) is 8.48. The first-order valence-electron chi connectivity index (χ1n) is 9.11. The molecule has 2 amide bonds. The van der Waals surface area contributed by atoms with Crippen LogP contribution in [0.5, 0.6) is 0 Å². The van der Waals surface area contributed by atoms with Crippen LogP contribution in [0.3, 0.4) is 0 Å². The van der Waals surface area contributed by atoms with Crippen LogP contribution in [0, 0.1) is 18.8 Å². The van der Waals surface area contributed by atoms with Crippen LogP contribution < -0.4 is 5.32 Å². The second-order valence-corrected chi connectivity index (χ2v) is 7.68. The molecule has 1 aromatic rings. The summed E-state index contributed by atoms with van der Waals surface area (Å²) >= 11 is 0. The van der Waals surface area contributed by atoms with Gasteiger partial charge in [-0.25, -0.2) is 0 Å². The highest BCUT2D eigenvalue weighted by Gasteiger charge is 2.30. The van der Waals surface area contributed by atoms with Gasteiger partial charge in [-0.3, -0.25) is 14.5 Å². The number of carbonyl (C=O) groups excluding carboxylic acids is 2. The van der Waals surface area contributed by atoms with Crippen LogP contribution in [0.1, 0.15) is 32.8 Å². The topological polar surface area (TPSA) is 52.7 Å². The van der Waals surface area contributed by atoms with Gasteiger partial charge in [-0.15, -0.1) is 0 Å². The first-order valence-corrected chi connectivity index (χ1v) is 9.11. The van der Waals surface area contributed by atoms with Gasteiger partial charge in [0, 0.05) is 25.8 Å². The monoisotopic (exact) mass is 345 g/mol. The molecule has 0 radical (unpaired) electrons. The van der Waals surface area contributed by atoms with Crippen molar-refractivity contribution >= 4 is 17.5 Å². The molecule has 0 unspecified atom stereocenters. The molecule has 25 heavy (non-hydrogen) atoms. The summed E-state index contributed by atoms with van der Waals surface area (Å²) in [6.07, 6.45) is 1.21. The molecule has 1 aliphatic rings. The summed E-state index contributed by atoms with van der Waals surface area (Å²) in [6.45, 7) is 10.4. The Morgan fingerprint density at radius 2 is 1.76 bits per heavy atom. The molecule has 138 valence electrons. The van der Waals surface area contributed by atoms with E-state index in [1.807, 2.05) is 38.1 Å². The quantitative estimate of drug-likeness (QED) is 0.893. The number of aryl methyl sites for hydroxylation is 1. The van der Waals surface area contributed by atoms with Gasteiger partial charge in [-0.1, -0.05) is 31.5 Å². The zero-order valence-corrected chi connectivity index (χ0v) is 16.1. The minimum Gasteiger partial charge on any atom is -0.335 e. The summed E-state index contributed by atoms with van der Waals surface area (Å²) in [5.74, 6) is 1.04. The van der Waals surface area contributed by atoms with Crippen molar-refractivity contribution in [1.29, 1.82) is 0 Å². The van der Waals surface area contributed by atoms with Crippen LogP contribution in [-0.2, 0) is 9.59 Å². The zero-order valence-electron chi connectivity index (χ0n) is 16.1. The van der Waals surface area contributed by atoms with Gasteiger partial charge in [0.05, 0.1) is 12.6 Å². The molecule has 0 bridgehead atoms. The van der Waals surface area contributed by atoms with E-state index in [0.717, 1.165) is 24.3 Å². The third-order valence-corrected chi connectivity index (χ3v) is 4.89. The number of rotatable bonds is 5. The van der Waals surface area contributed by atoms with E-state index in [-0.39, 0.29) is 24.4 Å². The van der Waals surface area contributed by atoms with Crippen LogP contribution in [0.15, 0.2) is 24.3 Å². The fourth-order valence-electron chi connectivity index (χ4n) is 3.63. The van der Waals surface area contributed by atoms with Crippen LogP contribution in [0.2, 0.25) is 0 Å². The molecule has 1 fully saturated rings. The van der Waals surface area contributed by atoms with E-state index in [0.29, 0.717) is 11.8 Å². The molecule has 1 heterocycles. The van der Waals surface area contributed by atoms with E-state index >= 15 is 0 Å². The molecule has 0 spiro atoms. The third kappa shape index (κ3) is 5.56. The van der Waals surface area contributed by atoms with Crippen molar-refractivity contribution in [3.05, 3.63) is 29.8 Å². The number of nitrogens with zero attached hydrogens (tertiary/aromatic N) is 2. The van der Waals surface area contributed by atoms with Gasteiger partial charge in [-0.2, -0.15) is 0 Å². The lowest BCUT2D eigenvalue weighted by Gasteiger charge is -2.39. The number of likely N-dealkylation sites (tertiary alicyclic amines) is 1. The number of nitrogens with one attached hydrogen (secondary N) is 1. The molecule has 2 rings (SSSR count). The van der Waals surface area contributed by atoms with Crippen molar-refractivity contribution in [2.75, 3.05) is 32.0 Å². The molecule has 1 aromatic carbocycles. The molecule has 0 aromatic heterocycles. The Morgan fingerprint density at radius 1 is 1.20 bits per heavy atom. The Balaban J connectivity index is 1.88. The number of anilines is 1. The van der Waals surface area contributed by atoms with Crippen molar-refractivity contribution in [1.82, 2.24) is 9.80 Å². The molecule has 5 heteroatoms. The Kier molecular flexibility index (Phi) is 6.59. The standard InChI is InChI=1S/C20H31N3O2/c1-14-6-8-18(9-7-14)21-19(24)13-22(5)20(25)17(4)23-11-15(2)10-16(3)12-23/h6-9,15-17H,10-13H2,1-5H3,(H,21,24)/t15-,16-,17-/m0/s1. The average Bonchev–Trinajstić information content (AvgIpc) is 2.54. The van der Waals surface area contributed by atoms with Gasteiger partial charge in [0.2, 0.25) is 11.8 Å². The van der Waals surface area contributed by atoms with E-state index in [1.54, 1.807) is 7.05 Å². The summed E-state index contributed by atoms with van der Waals surface area (Å²) in [4.78, 5) is 28.7. The van der Waals surface area contributed by atoms with Gasteiger partial charge in [0.1, 0.15) is 0 Å². The van der Waals surface area contributed by atoms with Crippen molar-refractivity contribution in [3.63, 3.8) is 0 Å². The summed E-state index contributed by atoms with van der Waals surface area (Å²) in [5, 5.41) is 2.84. The van der Waals surface area contributed by atoms with Crippen LogP contribution in [-0.4, -0.2) is 54.3 Å². The number of carbonyl (C=O) groups is 2. The van der Waals surface area contributed by atoms with Gasteiger partial charge >= 0.3 is 0 Å². The van der Waals surface area contributed by atoms with Gasteiger partial charge in [-0.05, 0) is 44.2 Å². The normalized spacial score (nSPS) is 22.3. The predicted octanol–water partition coefficient (Wildman–Crippen LogP) is 2.76. The highest BCUT2D eigenvalue weighted by atomic mass is 16.2. The predicted molar refractivity (Wildman–Crippen MR) is 101 cm³/mol. The largest absolute Gasteiger partial charge is 0.335 e. The van der Waals surface area contributed by atoms with Gasteiger partial charge in [0.25, 0.3) is 0 Å². The maximum Gasteiger partial charge on any atom is 0.243 e. The summed E-state index contributed by atoms with van der Waals surface area (Å²) in [6, 6.07) is 7.45. The molecule has 5 nitrogen and oxygen atoms in total. The molecule has 0 aliphatic carbocycles. The highest BCUT2D eigenvalue weighted by Crippen LogP contribution is 2.23. The molecule has 3 atom stereocenters. The fraction of sp³-hybridized carbons (Fsp3) is 0.600. The van der Waals surface area contributed by atoms with Crippen LogP contribution >= 0.6 is 0 Å².